The van der Waals surface area contributed by atoms with Crippen molar-refractivity contribution in [2.75, 3.05) is 33.4 Å². The summed E-state index contributed by atoms with van der Waals surface area (Å²) in [4.78, 5) is 25.8. The van der Waals surface area contributed by atoms with Gasteiger partial charge in [0.25, 0.3) is 5.91 Å². The number of esters is 1. The minimum Gasteiger partial charge on any atom is -0.451 e. The van der Waals surface area contributed by atoms with E-state index in [1.165, 1.54) is 6.08 Å². The molecule has 0 atom stereocenters. The van der Waals surface area contributed by atoms with E-state index in [9.17, 15) is 14.9 Å². The van der Waals surface area contributed by atoms with E-state index < -0.39 is 5.97 Å². The molecule has 0 aromatic carbocycles. The third kappa shape index (κ3) is 4.73. The van der Waals surface area contributed by atoms with E-state index in [2.05, 4.69) is 4.57 Å². The number of nitrogens with zero attached hydrogens (tertiary/aromatic N) is 3. The summed E-state index contributed by atoms with van der Waals surface area (Å²) in [5, 5.41) is 9.30. The number of carbonyl (C=O) groups is 2. The summed E-state index contributed by atoms with van der Waals surface area (Å²) in [5.41, 5.74) is 2.61. The second-order valence-corrected chi connectivity index (χ2v) is 6.30. The highest BCUT2D eigenvalue weighted by Gasteiger charge is 2.20. The molecule has 0 unspecified atom stereocenters. The Bertz CT molecular complexity index is 737. The van der Waals surface area contributed by atoms with Gasteiger partial charge in [-0.25, -0.2) is 4.79 Å². The summed E-state index contributed by atoms with van der Waals surface area (Å²) in [7, 11) is 1.64. The summed E-state index contributed by atoms with van der Waals surface area (Å²) < 4.78 is 12.2. The maximum atomic E-state index is 12.2. The van der Waals surface area contributed by atoms with E-state index in [-0.39, 0.29) is 18.1 Å². The number of amides is 1. The van der Waals surface area contributed by atoms with Crippen molar-refractivity contribution in [1.82, 2.24) is 9.47 Å². The maximum absolute atomic E-state index is 12.2. The fraction of sp³-hybridized carbons (Fsp3) is 0.526. The van der Waals surface area contributed by atoms with Gasteiger partial charge in [0.05, 0.1) is 6.61 Å². The van der Waals surface area contributed by atoms with E-state index >= 15 is 0 Å². The highest BCUT2D eigenvalue weighted by Crippen LogP contribution is 2.19. The van der Waals surface area contributed by atoms with Gasteiger partial charge < -0.3 is 18.9 Å². The Morgan fingerprint density at radius 3 is 2.62 bits per heavy atom. The number of methoxy groups -OCH3 is 1. The first-order valence-corrected chi connectivity index (χ1v) is 8.70. The zero-order valence-electron chi connectivity index (χ0n) is 15.6. The molecule has 0 N–H and O–H groups in total. The van der Waals surface area contributed by atoms with Crippen LogP contribution in [-0.2, 0) is 25.6 Å². The predicted octanol–water partition coefficient (Wildman–Crippen LogP) is 1.82. The molecule has 140 valence electrons. The Labute approximate surface area is 153 Å². The number of aromatic nitrogens is 1. The summed E-state index contributed by atoms with van der Waals surface area (Å²) in [6.07, 6.45) is 3.46. The van der Waals surface area contributed by atoms with Gasteiger partial charge >= 0.3 is 5.97 Å². The van der Waals surface area contributed by atoms with Crippen LogP contribution >= 0.6 is 0 Å². The highest BCUT2D eigenvalue weighted by atomic mass is 16.5. The summed E-state index contributed by atoms with van der Waals surface area (Å²) >= 11 is 0. The highest BCUT2D eigenvalue weighted by molar-refractivity contribution is 5.99. The summed E-state index contributed by atoms with van der Waals surface area (Å²) in [6.45, 7) is 6.22. The smallest absolute Gasteiger partial charge is 0.349 e. The Morgan fingerprint density at radius 1 is 1.31 bits per heavy atom. The first-order chi connectivity index (χ1) is 12.5. The van der Waals surface area contributed by atoms with Gasteiger partial charge in [0, 0.05) is 38.1 Å². The molecule has 0 saturated carbocycles. The molecule has 1 fully saturated rings. The summed E-state index contributed by atoms with van der Waals surface area (Å²) in [6, 6.07) is 3.78. The number of ether oxygens (including phenoxy) is 2. The van der Waals surface area contributed by atoms with Gasteiger partial charge in [-0.15, -0.1) is 0 Å². The molecule has 26 heavy (non-hydrogen) atoms. The molecule has 0 spiro atoms. The first kappa shape index (κ1) is 19.7. The molecule has 1 amide bonds. The molecule has 1 aromatic rings. The van der Waals surface area contributed by atoms with Crippen molar-refractivity contribution in [2.45, 2.75) is 33.2 Å². The van der Waals surface area contributed by atoms with Gasteiger partial charge in [0.2, 0.25) is 0 Å². The molecule has 0 radical (unpaired) electrons. The van der Waals surface area contributed by atoms with E-state index in [0.717, 1.165) is 29.8 Å². The normalized spacial score (nSPS) is 14.4. The van der Waals surface area contributed by atoms with Gasteiger partial charge in [0.1, 0.15) is 11.6 Å². The van der Waals surface area contributed by atoms with Gasteiger partial charge in [-0.1, -0.05) is 0 Å². The molecular weight excluding hydrogens is 334 g/mol. The fourth-order valence-electron chi connectivity index (χ4n) is 3.06. The molecule has 2 rings (SSSR count). The van der Waals surface area contributed by atoms with Crippen LogP contribution in [0.4, 0.5) is 0 Å². The lowest BCUT2D eigenvalue weighted by Gasteiger charge is -2.14. The van der Waals surface area contributed by atoms with Crippen molar-refractivity contribution in [2.24, 2.45) is 0 Å². The molecule has 0 bridgehead atoms. The number of aryl methyl sites for hydroxylation is 1. The second kappa shape index (κ2) is 9.20. The fourth-order valence-corrected chi connectivity index (χ4v) is 3.06. The topological polar surface area (TPSA) is 84.6 Å². The number of likely N-dealkylation sites (tertiary alicyclic amines) is 1. The average molecular weight is 359 g/mol. The van der Waals surface area contributed by atoms with Gasteiger partial charge in [-0.3, -0.25) is 4.79 Å². The van der Waals surface area contributed by atoms with Crippen LogP contribution in [0.5, 0.6) is 0 Å². The number of hydrogen-bond acceptors (Lipinski definition) is 5. The van der Waals surface area contributed by atoms with E-state index in [0.29, 0.717) is 26.2 Å². The lowest BCUT2D eigenvalue weighted by atomic mass is 10.1. The average Bonchev–Trinajstić information content (AvgIpc) is 3.25. The van der Waals surface area contributed by atoms with Crippen molar-refractivity contribution in [1.29, 1.82) is 5.26 Å². The van der Waals surface area contributed by atoms with Crippen molar-refractivity contribution >= 4 is 18.0 Å². The number of rotatable bonds is 7. The van der Waals surface area contributed by atoms with Gasteiger partial charge in [-0.2, -0.15) is 5.26 Å². The van der Waals surface area contributed by atoms with Crippen molar-refractivity contribution in [3.63, 3.8) is 0 Å². The Hall–Kier alpha value is -2.59. The molecule has 1 aliphatic heterocycles. The number of hydrogen-bond donors (Lipinski definition) is 0. The lowest BCUT2D eigenvalue weighted by Crippen LogP contribution is -2.32. The molecule has 0 aliphatic carbocycles. The Morgan fingerprint density at radius 2 is 2.00 bits per heavy atom. The third-order valence-corrected chi connectivity index (χ3v) is 4.56. The number of carbonyl (C=O) groups excluding carboxylic acids is 2. The van der Waals surface area contributed by atoms with Crippen LogP contribution in [0.2, 0.25) is 0 Å². The largest absolute Gasteiger partial charge is 0.451 e. The van der Waals surface area contributed by atoms with Crippen LogP contribution in [-0.4, -0.2) is 54.8 Å². The molecule has 7 nitrogen and oxygen atoms in total. The van der Waals surface area contributed by atoms with Crippen molar-refractivity contribution in [3.8, 4) is 6.07 Å². The van der Waals surface area contributed by atoms with Crippen LogP contribution in [0.15, 0.2) is 11.6 Å². The van der Waals surface area contributed by atoms with Crippen molar-refractivity contribution in [3.05, 3.63) is 28.6 Å². The summed E-state index contributed by atoms with van der Waals surface area (Å²) in [5.74, 6) is -0.993. The Kier molecular flexibility index (Phi) is 6.98. The standard InChI is InChI=1S/C19H25N3O4/c1-14-10-16(15(2)22(14)8-9-25-3)11-17(12-20)19(24)26-13-18(23)21-6-4-5-7-21/h10-11H,4-9,13H2,1-3H3/b17-11+. The predicted molar refractivity (Wildman–Crippen MR) is 96.1 cm³/mol. The maximum Gasteiger partial charge on any atom is 0.349 e. The van der Waals surface area contributed by atoms with Crippen LogP contribution < -0.4 is 0 Å². The minimum atomic E-state index is -0.776. The quantitative estimate of drug-likeness (QED) is 0.421. The van der Waals surface area contributed by atoms with E-state index in [1.54, 1.807) is 12.0 Å². The van der Waals surface area contributed by atoms with Crippen molar-refractivity contribution < 1.29 is 19.1 Å². The molecule has 2 heterocycles. The van der Waals surface area contributed by atoms with Crippen LogP contribution in [0, 0.1) is 25.2 Å². The van der Waals surface area contributed by atoms with Crippen LogP contribution in [0.3, 0.4) is 0 Å². The SMILES string of the molecule is COCCn1c(C)cc(/C=C(\C#N)C(=O)OCC(=O)N2CCCC2)c1C. The minimum absolute atomic E-state index is 0.119. The van der Waals surface area contributed by atoms with E-state index in [1.807, 2.05) is 26.0 Å². The third-order valence-electron chi connectivity index (χ3n) is 4.56. The number of nitriles is 1. The monoisotopic (exact) mass is 359 g/mol. The molecule has 1 aliphatic rings. The zero-order chi connectivity index (χ0) is 19.1. The van der Waals surface area contributed by atoms with Gasteiger partial charge in [0.15, 0.2) is 6.61 Å². The molecule has 7 heteroatoms. The second-order valence-electron chi connectivity index (χ2n) is 6.30. The zero-order valence-corrected chi connectivity index (χ0v) is 15.6. The molecule has 1 saturated heterocycles. The lowest BCUT2D eigenvalue weighted by molar-refractivity contribution is -0.148. The van der Waals surface area contributed by atoms with Gasteiger partial charge in [-0.05, 0) is 44.4 Å². The van der Waals surface area contributed by atoms with Crippen LogP contribution in [0.1, 0.15) is 29.8 Å². The van der Waals surface area contributed by atoms with E-state index in [4.69, 9.17) is 9.47 Å². The Balaban J connectivity index is 2.06. The molecule has 1 aromatic heterocycles. The first-order valence-electron chi connectivity index (χ1n) is 8.70. The van der Waals surface area contributed by atoms with Crippen LogP contribution in [0.25, 0.3) is 6.08 Å². The molecular formula is C19H25N3O4.